The van der Waals surface area contributed by atoms with Gasteiger partial charge in [0, 0.05) is 43.2 Å². The Balaban J connectivity index is 1.08. The van der Waals surface area contributed by atoms with E-state index in [-0.39, 0.29) is 23.3 Å². The van der Waals surface area contributed by atoms with E-state index in [4.69, 9.17) is 4.74 Å². The summed E-state index contributed by atoms with van der Waals surface area (Å²) >= 11 is 0. The standard InChI is InChI=1S/C20H24F3N3O2/c1-13-3-18(4-13)9-25(10-18)17(27)26-11-19(12-26)5-16(6-19)28-15-2-14(7-24-8-15)20(21,22)23/h2,7-8,13,16H,3-6,9-12H2,1H3. The first-order valence-electron chi connectivity index (χ1n) is 9.88. The summed E-state index contributed by atoms with van der Waals surface area (Å²) in [6.45, 7) is 5.51. The second kappa shape index (κ2) is 5.76. The minimum Gasteiger partial charge on any atom is -0.489 e. The Morgan fingerprint density at radius 3 is 2.18 bits per heavy atom. The van der Waals surface area contributed by atoms with Gasteiger partial charge in [-0.05, 0) is 37.7 Å². The first-order chi connectivity index (χ1) is 13.2. The fourth-order valence-corrected chi connectivity index (χ4v) is 5.75. The van der Waals surface area contributed by atoms with Gasteiger partial charge in [-0.25, -0.2) is 4.79 Å². The number of hydrogen-bond donors (Lipinski definition) is 0. The molecule has 4 aliphatic rings. The van der Waals surface area contributed by atoms with Gasteiger partial charge in [0.1, 0.15) is 11.9 Å². The molecule has 152 valence electrons. The number of likely N-dealkylation sites (tertiary alicyclic amines) is 2. The molecular weight excluding hydrogens is 371 g/mol. The van der Waals surface area contributed by atoms with Crippen LogP contribution < -0.4 is 4.74 Å². The number of alkyl halides is 3. The number of nitrogens with zero attached hydrogens (tertiary/aromatic N) is 3. The summed E-state index contributed by atoms with van der Waals surface area (Å²) in [5.41, 5.74) is -0.303. The van der Waals surface area contributed by atoms with E-state index < -0.39 is 11.7 Å². The van der Waals surface area contributed by atoms with Crippen LogP contribution in [0.25, 0.3) is 0 Å². The van der Waals surface area contributed by atoms with Crippen molar-refractivity contribution in [2.75, 3.05) is 26.2 Å². The van der Waals surface area contributed by atoms with Gasteiger partial charge in [-0.1, -0.05) is 6.92 Å². The fraction of sp³-hybridized carbons (Fsp3) is 0.700. The number of halogens is 3. The van der Waals surface area contributed by atoms with Crippen molar-refractivity contribution in [2.45, 2.75) is 44.9 Å². The van der Waals surface area contributed by atoms with E-state index in [0.29, 0.717) is 5.41 Å². The molecule has 3 heterocycles. The van der Waals surface area contributed by atoms with Crippen molar-refractivity contribution in [1.29, 1.82) is 0 Å². The smallest absolute Gasteiger partial charge is 0.418 e. The third-order valence-corrected chi connectivity index (χ3v) is 6.87. The average Bonchev–Trinajstić information content (AvgIpc) is 2.49. The van der Waals surface area contributed by atoms with E-state index >= 15 is 0 Å². The molecule has 2 saturated heterocycles. The first-order valence-corrected chi connectivity index (χ1v) is 9.88. The maximum absolute atomic E-state index is 12.8. The van der Waals surface area contributed by atoms with E-state index in [2.05, 4.69) is 11.9 Å². The van der Waals surface area contributed by atoms with Crippen LogP contribution in [0, 0.1) is 16.7 Å². The number of pyridine rings is 1. The maximum Gasteiger partial charge on any atom is 0.418 e. The van der Waals surface area contributed by atoms with E-state index in [0.717, 1.165) is 57.2 Å². The molecule has 0 unspecified atom stereocenters. The molecule has 0 radical (unpaired) electrons. The van der Waals surface area contributed by atoms with E-state index in [1.54, 1.807) is 0 Å². The van der Waals surface area contributed by atoms with Crippen LogP contribution >= 0.6 is 0 Å². The van der Waals surface area contributed by atoms with Gasteiger partial charge in [0.15, 0.2) is 0 Å². The molecule has 0 bridgehead atoms. The van der Waals surface area contributed by atoms with Gasteiger partial charge in [0.25, 0.3) is 0 Å². The number of rotatable bonds is 2. The molecule has 2 aliphatic carbocycles. The predicted octanol–water partition coefficient (Wildman–Crippen LogP) is 3.80. The highest BCUT2D eigenvalue weighted by atomic mass is 19.4. The molecule has 8 heteroatoms. The third kappa shape index (κ3) is 2.92. The van der Waals surface area contributed by atoms with Crippen LogP contribution in [-0.4, -0.2) is 53.1 Å². The maximum atomic E-state index is 12.8. The van der Waals surface area contributed by atoms with Crippen LogP contribution in [0.3, 0.4) is 0 Å². The molecule has 5 nitrogen and oxygen atoms in total. The lowest BCUT2D eigenvalue weighted by Crippen LogP contribution is -2.71. The van der Waals surface area contributed by atoms with Gasteiger partial charge in [-0.3, -0.25) is 4.98 Å². The molecule has 1 aromatic rings. The van der Waals surface area contributed by atoms with E-state index in [9.17, 15) is 18.0 Å². The Kier molecular flexibility index (Phi) is 3.72. The third-order valence-electron chi connectivity index (χ3n) is 6.87. The minimum atomic E-state index is -4.42. The lowest BCUT2D eigenvalue weighted by molar-refractivity contribution is -0.138. The van der Waals surface area contributed by atoms with Gasteiger partial charge in [0.2, 0.25) is 0 Å². The Bertz CT molecular complexity index is 784. The number of ether oxygens (including phenoxy) is 1. The monoisotopic (exact) mass is 395 g/mol. The zero-order valence-electron chi connectivity index (χ0n) is 15.8. The number of carbonyl (C=O) groups excluding carboxylic acids is 1. The summed E-state index contributed by atoms with van der Waals surface area (Å²) in [7, 11) is 0. The van der Waals surface area contributed by atoms with Crippen molar-refractivity contribution in [1.82, 2.24) is 14.8 Å². The second-order valence-electron chi connectivity index (χ2n) is 9.56. The Morgan fingerprint density at radius 1 is 1.07 bits per heavy atom. The number of aromatic nitrogens is 1. The van der Waals surface area contributed by atoms with Crippen molar-refractivity contribution in [2.24, 2.45) is 16.7 Å². The number of carbonyl (C=O) groups is 1. The SMILES string of the molecule is CC1CC2(C1)CN(C(=O)N1CC3(CC(Oc4cncc(C(F)(F)F)c4)C3)C1)C2. The van der Waals surface area contributed by atoms with E-state index in [1.807, 2.05) is 9.80 Å². The summed E-state index contributed by atoms with van der Waals surface area (Å²) in [4.78, 5) is 20.0. The Morgan fingerprint density at radius 2 is 1.64 bits per heavy atom. The van der Waals surface area contributed by atoms with Gasteiger partial charge in [-0.2, -0.15) is 13.2 Å². The quantitative estimate of drug-likeness (QED) is 0.765. The molecule has 2 spiro atoms. The van der Waals surface area contributed by atoms with Crippen LogP contribution in [0.4, 0.5) is 18.0 Å². The van der Waals surface area contributed by atoms with E-state index in [1.165, 1.54) is 19.0 Å². The van der Waals surface area contributed by atoms with Crippen molar-refractivity contribution in [3.05, 3.63) is 24.0 Å². The highest BCUT2D eigenvalue weighted by Crippen LogP contribution is 2.53. The minimum absolute atomic E-state index is 0.0862. The zero-order chi connectivity index (χ0) is 19.7. The van der Waals surface area contributed by atoms with Gasteiger partial charge in [0.05, 0.1) is 11.8 Å². The molecule has 5 rings (SSSR count). The first kappa shape index (κ1) is 18.1. The lowest BCUT2D eigenvalue weighted by Gasteiger charge is -2.63. The largest absolute Gasteiger partial charge is 0.489 e. The second-order valence-corrected chi connectivity index (χ2v) is 9.56. The van der Waals surface area contributed by atoms with Crippen molar-refractivity contribution in [3.8, 4) is 5.75 Å². The Labute approximate surface area is 161 Å². The molecular formula is C20H24F3N3O2. The number of amides is 2. The fourth-order valence-electron chi connectivity index (χ4n) is 5.75. The molecule has 2 saturated carbocycles. The van der Waals surface area contributed by atoms with Crippen molar-refractivity contribution >= 4 is 6.03 Å². The number of urea groups is 1. The lowest BCUT2D eigenvalue weighted by atomic mass is 9.58. The number of hydrogen-bond acceptors (Lipinski definition) is 3. The highest BCUT2D eigenvalue weighted by molar-refractivity contribution is 5.77. The molecule has 28 heavy (non-hydrogen) atoms. The zero-order valence-corrected chi connectivity index (χ0v) is 15.8. The summed E-state index contributed by atoms with van der Waals surface area (Å²) in [6.07, 6.45) is 1.62. The van der Waals surface area contributed by atoms with Crippen molar-refractivity contribution < 1.29 is 22.7 Å². The van der Waals surface area contributed by atoms with Crippen molar-refractivity contribution in [3.63, 3.8) is 0 Å². The van der Waals surface area contributed by atoms with Gasteiger partial charge in [-0.15, -0.1) is 0 Å². The summed E-state index contributed by atoms with van der Waals surface area (Å²) < 4.78 is 44.0. The predicted molar refractivity (Wildman–Crippen MR) is 94.7 cm³/mol. The van der Waals surface area contributed by atoms with Gasteiger partial charge < -0.3 is 14.5 Å². The summed E-state index contributed by atoms with van der Waals surface area (Å²) in [5, 5.41) is 0. The normalized spacial score (nSPS) is 25.7. The summed E-state index contributed by atoms with van der Waals surface area (Å²) in [5.74, 6) is 0.950. The average molecular weight is 395 g/mol. The molecule has 0 atom stereocenters. The molecule has 4 fully saturated rings. The van der Waals surface area contributed by atoms with Crippen LogP contribution in [0.2, 0.25) is 0 Å². The van der Waals surface area contributed by atoms with Crippen LogP contribution in [0.5, 0.6) is 5.75 Å². The van der Waals surface area contributed by atoms with Crippen LogP contribution in [0.15, 0.2) is 18.5 Å². The molecule has 2 aliphatic heterocycles. The Hall–Kier alpha value is -1.99. The topological polar surface area (TPSA) is 45.7 Å². The highest BCUT2D eigenvalue weighted by Gasteiger charge is 2.58. The molecule has 1 aromatic heterocycles. The van der Waals surface area contributed by atoms with Gasteiger partial charge >= 0.3 is 12.2 Å². The van der Waals surface area contributed by atoms with Crippen LogP contribution in [0.1, 0.15) is 38.2 Å². The summed E-state index contributed by atoms with van der Waals surface area (Å²) in [6, 6.07) is 1.14. The molecule has 0 N–H and O–H groups in total. The van der Waals surface area contributed by atoms with Crippen LogP contribution in [-0.2, 0) is 6.18 Å². The molecule has 0 aromatic carbocycles. The molecule has 2 amide bonds.